The third kappa shape index (κ3) is 4.42. The number of amides is 1. The largest absolute Gasteiger partial charge is 0.494 e. The van der Waals surface area contributed by atoms with E-state index in [2.05, 4.69) is 26.6 Å². The molecule has 0 aromatic carbocycles. The number of aryl methyl sites for hydroxylation is 1. The fraction of sp³-hybridized carbons (Fsp3) is 0.545. The Kier molecular flexibility index (Phi) is 8.60. The standard InChI is InChI=1S/C11H17BrN2O2S.ClH/c1-7-8(12)9(16-3)10(17-7)11(15)14-6-4-5-13-2;/h13H,4-6H2,1-3H3,(H,14,15);1H. The first-order valence-electron chi connectivity index (χ1n) is 5.37. The van der Waals surface area contributed by atoms with Crippen LogP contribution in [0.5, 0.6) is 5.75 Å². The number of rotatable bonds is 6. The van der Waals surface area contributed by atoms with Crippen LogP contribution in [0.2, 0.25) is 0 Å². The fourth-order valence-electron chi connectivity index (χ4n) is 1.38. The van der Waals surface area contributed by atoms with Crippen molar-refractivity contribution in [2.45, 2.75) is 13.3 Å². The van der Waals surface area contributed by atoms with Gasteiger partial charge in [-0.3, -0.25) is 4.79 Å². The summed E-state index contributed by atoms with van der Waals surface area (Å²) in [6, 6.07) is 0. The summed E-state index contributed by atoms with van der Waals surface area (Å²) in [5.41, 5.74) is 0. The molecule has 0 radical (unpaired) electrons. The molecule has 0 aliphatic heterocycles. The van der Waals surface area contributed by atoms with Crippen LogP contribution in [0.1, 0.15) is 21.0 Å². The zero-order chi connectivity index (χ0) is 12.8. The predicted molar refractivity (Wildman–Crippen MR) is 81.4 cm³/mol. The van der Waals surface area contributed by atoms with Crippen molar-refractivity contribution in [3.63, 3.8) is 0 Å². The molecule has 104 valence electrons. The lowest BCUT2D eigenvalue weighted by Crippen LogP contribution is -2.26. The van der Waals surface area contributed by atoms with Gasteiger partial charge in [0.2, 0.25) is 0 Å². The van der Waals surface area contributed by atoms with Crippen LogP contribution < -0.4 is 15.4 Å². The van der Waals surface area contributed by atoms with Gasteiger partial charge in [-0.1, -0.05) is 0 Å². The average molecular weight is 358 g/mol. The molecule has 7 heteroatoms. The van der Waals surface area contributed by atoms with Crippen molar-refractivity contribution >= 4 is 45.6 Å². The van der Waals surface area contributed by atoms with E-state index >= 15 is 0 Å². The zero-order valence-corrected chi connectivity index (χ0v) is 13.9. The molecule has 0 saturated heterocycles. The van der Waals surface area contributed by atoms with Gasteiger partial charge in [0.05, 0.1) is 11.6 Å². The highest BCUT2D eigenvalue weighted by molar-refractivity contribution is 9.10. The van der Waals surface area contributed by atoms with Crippen molar-refractivity contribution in [1.29, 1.82) is 0 Å². The Balaban J connectivity index is 0.00000289. The summed E-state index contributed by atoms with van der Waals surface area (Å²) in [6.07, 6.45) is 0.913. The molecule has 1 aromatic heterocycles. The third-order valence-corrected chi connectivity index (χ3v) is 4.57. The van der Waals surface area contributed by atoms with Crippen LogP contribution >= 0.6 is 39.7 Å². The highest BCUT2D eigenvalue weighted by Gasteiger charge is 2.20. The quantitative estimate of drug-likeness (QED) is 0.769. The highest BCUT2D eigenvalue weighted by Crippen LogP contribution is 2.38. The fourth-order valence-corrected chi connectivity index (χ4v) is 3.05. The molecular weight excluding hydrogens is 340 g/mol. The van der Waals surface area contributed by atoms with Crippen molar-refractivity contribution in [2.24, 2.45) is 0 Å². The number of carbonyl (C=O) groups excluding carboxylic acids is 1. The molecule has 1 heterocycles. The Bertz CT molecular complexity index is 399. The average Bonchev–Trinajstić information content (AvgIpc) is 2.61. The maximum Gasteiger partial charge on any atom is 0.265 e. The summed E-state index contributed by atoms with van der Waals surface area (Å²) in [7, 11) is 3.47. The molecular formula is C11H18BrClN2O2S. The van der Waals surface area contributed by atoms with Crippen LogP contribution in [0.15, 0.2) is 4.47 Å². The van der Waals surface area contributed by atoms with E-state index < -0.39 is 0 Å². The molecule has 0 atom stereocenters. The molecule has 0 unspecified atom stereocenters. The Morgan fingerprint density at radius 1 is 1.44 bits per heavy atom. The summed E-state index contributed by atoms with van der Waals surface area (Å²) in [5, 5.41) is 5.92. The van der Waals surface area contributed by atoms with Crippen LogP contribution in [0, 0.1) is 6.92 Å². The zero-order valence-electron chi connectivity index (χ0n) is 10.6. The van der Waals surface area contributed by atoms with E-state index in [0.29, 0.717) is 17.2 Å². The molecule has 0 bridgehead atoms. The van der Waals surface area contributed by atoms with Crippen LogP contribution in [0.25, 0.3) is 0 Å². The molecule has 0 aliphatic rings. The first kappa shape index (κ1) is 17.7. The molecule has 0 aliphatic carbocycles. The van der Waals surface area contributed by atoms with E-state index in [0.717, 1.165) is 22.3 Å². The van der Waals surface area contributed by atoms with Crippen molar-refractivity contribution < 1.29 is 9.53 Å². The normalized spacial score (nSPS) is 9.78. The number of carbonyl (C=O) groups is 1. The predicted octanol–water partition coefficient (Wildman–Crippen LogP) is 2.59. The lowest BCUT2D eigenvalue weighted by atomic mass is 10.3. The Morgan fingerprint density at radius 3 is 2.67 bits per heavy atom. The molecule has 0 fully saturated rings. The van der Waals surface area contributed by atoms with Gasteiger partial charge >= 0.3 is 0 Å². The van der Waals surface area contributed by atoms with Crippen LogP contribution in [0.3, 0.4) is 0 Å². The Hall–Kier alpha value is -0.300. The number of hydrogen-bond donors (Lipinski definition) is 2. The molecule has 18 heavy (non-hydrogen) atoms. The van der Waals surface area contributed by atoms with Gasteiger partial charge in [0.1, 0.15) is 4.88 Å². The number of hydrogen-bond acceptors (Lipinski definition) is 4. The number of nitrogens with one attached hydrogen (secondary N) is 2. The van der Waals surface area contributed by atoms with E-state index in [4.69, 9.17) is 4.74 Å². The Morgan fingerprint density at radius 2 is 2.11 bits per heavy atom. The topological polar surface area (TPSA) is 50.4 Å². The molecule has 2 N–H and O–H groups in total. The maximum absolute atomic E-state index is 11.9. The van der Waals surface area contributed by atoms with E-state index in [-0.39, 0.29) is 18.3 Å². The van der Waals surface area contributed by atoms with Crippen molar-refractivity contribution in [3.05, 3.63) is 14.2 Å². The minimum absolute atomic E-state index is 0. The molecule has 0 saturated carbocycles. The lowest BCUT2D eigenvalue weighted by Gasteiger charge is -2.05. The molecule has 0 spiro atoms. The number of methoxy groups -OCH3 is 1. The van der Waals surface area contributed by atoms with Crippen LogP contribution in [-0.2, 0) is 0 Å². The summed E-state index contributed by atoms with van der Waals surface area (Å²) in [4.78, 5) is 13.6. The second-order valence-electron chi connectivity index (χ2n) is 3.55. The van der Waals surface area contributed by atoms with Gasteiger partial charge in [0, 0.05) is 11.4 Å². The van der Waals surface area contributed by atoms with E-state index in [1.54, 1.807) is 7.11 Å². The first-order valence-corrected chi connectivity index (χ1v) is 6.98. The number of halogens is 2. The second kappa shape index (κ2) is 8.74. The maximum atomic E-state index is 11.9. The van der Waals surface area contributed by atoms with E-state index in [1.807, 2.05) is 14.0 Å². The molecule has 4 nitrogen and oxygen atoms in total. The minimum Gasteiger partial charge on any atom is -0.494 e. The number of ether oxygens (including phenoxy) is 1. The summed E-state index contributed by atoms with van der Waals surface area (Å²) >= 11 is 4.86. The monoisotopic (exact) mass is 356 g/mol. The van der Waals surface area contributed by atoms with E-state index in [1.165, 1.54) is 11.3 Å². The van der Waals surface area contributed by atoms with Gasteiger partial charge in [-0.15, -0.1) is 23.7 Å². The van der Waals surface area contributed by atoms with Crippen molar-refractivity contribution in [2.75, 3.05) is 27.2 Å². The van der Waals surface area contributed by atoms with Gasteiger partial charge in [0.25, 0.3) is 5.91 Å². The van der Waals surface area contributed by atoms with Crippen molar-refractivity contribution in [1.82, 2.24) is 10.6 Å². The van der Waals surface area contributed by atoms with Gasteiger partial charge in [-0.05, 0) is 42.9 Å². The summed E-state index contributed by atoms with van der Waals surface area (Å²) in [6.45, 7) is 3.51. The summed E-state index contributed by atoms with van der Waals surface area (Å²) in [5.74, 6) is 0.551. The lowest BCUT2D eigenvalue weighted by molar-refractivity contribution is 0.0954. The van der Waals surface area contributed by atoms with Gasteiger partial charge in [-0.2, -0.15) is 0 Å². The Labute approximate surface area is 126 Å². The molecule has 1 rings (SSSR count). The minimum atomic E-state index is -0.0725. The molecule has 1 aromatic rings. The SMILES string of the molecule is CNCCCNC(=O)c1sc(C)c(Br)c1OC.Cl. The second-order valence-corrected chi connectivity index (χ2v) is 5.57. The first-order chi connectivity index (χ1) is 8.11. The van der Waals surface area contributed by atoms with Gasteiger partial charge < -0.3 is 15.4 Å². The van der Waals surface area contributed by atoms with E-state index in [9.17, 15) is 4.79 Å². The van der Waals surface area contributed by atoms with Crippen LogP contribution in [-0.4, -0.2) is 33.2 Å². The third-order valence-electron chi connectivity index (χ3n) is 2.27. The molecule has 1 amide bonds. The summed E-state index contributed by atoms with van der Waals surface area (Å²) < 4.78 is 6.10. The van der Waals surface area contributed by atoms with Crippen molar-refractivity contribution in [3.8, 4) is 5.75 Å². The van der Waals surface area contributed by atoms with Crippen LogP contribution in [0.4, 0.5) is 0 Å². The van der Waals surface area contributed by atoms with Gasteiger partial charge in [-0.25, -0.2) is 0 Å². The van der Waals surface area contributed by atoms with Gasteiger partial charge in [0.15, 0.2) is 5.75 Å². The number of thiophene rings is 1. The highest BCUT2D eigenvalue weighted by atomic mass is 79.9. The smallest absolute Gasteiger partial charge is 0.265 e.